The van der Waals surface area contributed by atoms with Gasteiger partial charge in [-0.05, 0) is 37.7 Å². The molecule has 1 aromatic carbocycles. The van der Waals surface area contributed by atoms with Crippen LogP contribution in [0.15, 0.2) is 17.2 Å². The number of rotatable bonds is 0. The summed E-state index contributed by atoms with van der Waals surface area (Å²) in [5, 5.41) is 6.40. The summed E-state index contributed by atoms with van der Waals surface area (Å²) in [7, 11) is 2.02. The van der Waals surface area contributed by atoms with Gasteiger partial charge in [-0.25, -0.2) is 0 Å². The zero-order chi connectivity index (χ0) is 12.4. The molecule has 3 rings (SSSR count). The number of likely N-dealkylation sites (N-methyl/N-ethyl adjacent to an activating group) is 1. The summed E-state index contributed by atoms with van der Waals surface area (Å²) < 4.78 is 6.04. The van der Waals surface area contributed by atoms with Crippen molar-refractivity contribution >= 4 is 6.21 Å². The Morgan fingerprint density at radius 3 is 3.06 bits per heavy atom. The zero-order valence-electron chi connectivity index (χ0n) is 11.0. The van der Waals surface area contributed by atoms with Crippen LogP contribution in [0, 0.1) is 0 Å². The van der Waals surface area contributed by atoms with Gasteiger partial charge in [0.05, 0.1) is 12.8 Å². The van der Waals surface area contributed by atoms with Crippen LogP contribution >= 0.6 is 0 Å². The number of nitrogens with zero attached hydrogens (tertiary/aromatic N) is 2. The molecule has 0 saturated heterocycles. The van der Waals surface area contributed by atoms with Crippen LogP contribution in [0.4, 0.5) is 0 Å². The van der Waals surface area contributed by atoms with Gasteiger partial charge in [-0.3, -0.25) is 5.01 Å². The number of ether oxygens (including phenoxy) is 1. The minimum Gasteiger partial charge on any atom is -0.493 e. The normalized spacial score (nSPS) is 19.1. The first-order chi connectivity index (χ1) is 8.84. The van der Waals surface area contributed by atoms with Gasteiger partial charge >= 0.3 is 0 Å². The summed E-state index contributed by atoms with van der Waals surface area (Å²) in [4.78, 5) is 0. The second kappa shape index (κ2) is 5.01. The first-order valence-electron chi connectivity index (χ1n) is 6.87. The molecule has 0 saturated carbocycles. The second-order valence-corrected chi connectivity index (χ2v) is 5.16. The summed E-state index contributed by atoms with van der Waals surface area (Å²) in [5.41, 5.74) is 3.95. The number of fused-ring (bicyclic) bond motifs is 3. The SMILES string of the molecule is CN1CCc2c(ccc3c2OCCCCC3)C=N1. The monoisotopic (exact) mass is 244 g/mol. The van der Waals surface area contributed by atoms with Crippen molar-refractivity contribution in [3.8, 4) is 5.75 Å². The van der Waals surface area contributed by atoms with Crippen LogP contribution in [-0.2, 0) is 12.8 Å². The predicted molar refractivity (Wildman–Crippen MR) is 73.4 cm³/mol. The molecular weight excluding hydrogens is 224 g/mol. The molecule has 0 atom stereocenters. The standard InChI is InChI=1S/C15H20N2O/c1-17-9-8-14-13(11-16-17)7-6-12-5-3-2-4-10-18-15(12)14/h6-7,11H,2-5,8-10H2,1H3. The molecule has 3 heteroatoms. The average Bonchev–Trinajstić information content (AvgIpc) is 2.52. The molecule has 3 nitrogen and oxygen atoms in total. The van der Waals surface area contributed by atoms with E-state index in [-0.39, 0.29) is 0 Å². The van der Waals surface area contributed by atoms with Gasteiger partial charge in [0.1, 0.15) is 5.75 Å². The second-order valence-electron chi connectivity index (χ2n) is 5.16. The van der Waals surface area contributed by atoms with Crippen molar-refractivity contribution in [1.82, 2.24) is 5.01 Å². The Morgan fingerprint density at radius 2 is 2.11 bits per heavy atom. The highest BCUT2D eigenvalue weighted by atomic mass is 16.5. The van der Waals surface area contributed by atoms with Crippen LogP contribution < -0.4 is 4.74 Å². The van der Waals surface area contributed by atoms with Crippen LogP contribution in [0.3, 0.4) is 0 Å². The lowest BCUT2D eigenvalue weighted by atomic mass is 9.96. The van der Waals surface area contributed by atoms with Crippen LogP contribution in [0.2, 0.25) is 0 Å². The molecule has 96 valence electrons. The Kier molecular flexibility index (Phi) is 3.22. The fourth-order valence-electron chi connectivity index (χ4n) is 2.71. The Morgan fingerprint density at radius 1 is 1.17 bits per heavy atom. The highest BCUT2D eigenvalue weighted by Crippen LogP contribution is 2.31. The third kappa shape index (κ3) is 2.22. The van der Waals surface area contributed by atoms with Gasteiger partial charge in [0.2, 0.25) is 0 Å². The summed E-state index contributed by atoms with van der Waals surface area (Å²) >= 11 is 0. The van der Waals surface area contributed by atoms with Crippen molar-refractivity contribution in [2.24, 2.45) is 5.10 Å². The zero-order valence-corrected chi connectivity index (χ0v) is 11.0. The molecule has 2 aliphatic heterocycles. The van der Waals surface area contributed by atoms with Gasteiger partial charge < -0.3 is 4.74 Å². The molecule has 18 heavy (non-hydrogen) atoms. The topological polar surface area (TPSA) is 24.8 Å². The van der Waals surface area contributed by atoms with E-state index in [1.807, 2.05) is 18.3 Å². The van der Waals surface area contributed by atoms with E-state index < -0.39 is 0 Å². The summed E-state index contributed by atoms with van der Waals surface area (Å²) in [6, 6.07) is 4.42. The molecule has 2 heterocycles. The van der Waals surface area contributed by atoms with Crippen molar-refractivity contribution in [3.05, 3.63) is 28.8 Å². The van der Waals surface area contributed by atoms with E-state index in [0.29, 0.717) is 0 Å². The molecule has 2 aliphatic rings. The van der Waals surface area contributed by atoms with Crippen LogP contribution in [0.1, 0.15) is 36.0 Å². The lowest BCUT2D eigenvalue weighted by molar-refractivity contribution is 0.289. The van der Waals surface area contributed by atoms with E-state index in [0.717, 1.165) is 31.7 Å². The molecule has 1 aromatic rings. The Bertz CT molecular complexity index is 468. The summed E-state index contributed by atoms with van der Waals surface area (Å²) in [5.74, 6) is 1.15. The Labute approximate surface area is 108 Å². The molecule has 0 bridgehead atoms. The van der Waals surface area contributed by atoms with Crippen LogP contribution in [-0.4, -0.2) is 31.4 Å². The van der Waals surface area contributed by atoms with Crippen molar-refractivity contribution in [2.45, 2.75) is 32.1 Å². The number of hydrazone groups is 1. The number of hydrogen-bond donors (Lipinski definition) is 0. The van der Waals surface area contributed by atoms with E-state index in [2.05, 4.69) is 17.2 Å². The van der Waals surface area contributed by atoms with Crippen LogP contribution in [0.5, 0.6) is 5.75 Å². The first-order valence-corrected chi connectivity index (χ1v) is 6.87. The number of aryl methyl sites for hydroxylation is 1. The maximum absolute atomic E-state index is 6.04. The van der Waals surface area contributed by atoms with Gasteiger partial charge in [-0.15, -0.1) is 0 Å². The number of benzene rings is 1. The maximum atomic E-state index is 6.04. The number of hydrogen-bond acceptors (Lipinski definition) is 3. The summed E-state index contributed by atoms with van der Waals surface area (Å²) in [6.07, 6.45) is 7.87. The molecule has 0 radical (unpaired) electrons. The van der Waals surface area contributed by atoms with E-state index in [1.165, 1.54) is 36.0 Å². The highest BCUT2D eigenvalue weighted by Gasteiger charge is 2.17. The average molecular weight is 244 g/mol. The van der Waals surface area contributed by atoms with Crippen molar-refractivity contribution in [2.75, 3.05) is 20.2 Å². The van der Waals surface area contributed by atoms with Gasteiger partial charge in [0.25, 0.3) is 0 Å². The van der Waals surface area contributed by atoms with Gasteiger partial charge in [-0.2, -0.15) is 5.10 Å². The van der Waals surface area contributed by atoms with Gasteiger partial charge in [-0.1, -0.05) is 12.1 Å². The van der Waals surface area contributed by atoms with E-state index in [4.69, 9.17) is 4.74 Å². The highest BCUT2D eigenvalue weighted by molar-refractivity contribution is 5.83. The van der Waals surface area contributed by atoms with Crippen molar-refractivity contribution in [3.63, 3.8) is 0 Å². The molecule has 0 aromatic heterocycles. The minimum atomic E-state index is 0.858. The molecule has 0 spiro atoms. The molecule has 0 unspecified atom stereocenters. The van der Waals surface area contributed by atoms with Crippen molar-refractivity contribution in [1.29, 1.82) is 0 Å². The fourth-order valence-corrected chi connectivity index (χ4v) is 2.71. The molecule has 0 amide bonds. The van der Waals surface area contributed by atoms with Gasteiger partial charge in [0, 0.05) is 24.7 Å². The molecule has 0 N–H and O–H groups in total. The smallest absolute Gasteiger partial charge is 0.126 e. The lowest BCUT2D eigenvalue weighted by Gasteiger charge is -2.20. The van der Waals surface area contributed by atoms with E-state index >= 15 is 0 Å². The third-order valence-electron chi connectivity index (χ3n) is 3.79. The fraction of sp³-hybridized carbons (Fsp3) is 0.533. The predicted octanol–water partition coefficient (Wildman–Crippen LogP) is 2.61. The largest absolute Gasteiger partial charge is 0.493 e. The quantitative estimate of drug-likeness (QED) is 0.701. The van der Waals surface area contributed by atoms with Crippen molar-refractivity contribution < 1.29 is 4.74 Å². The Balaban J connectivity index is 2.02. The van der Waals surface area contributed by atoms with E-state index in [9.17, 15) is 0 Å². The first kappa shape index (κ1) is 11.6. The van der Waals surface area contributed by atoms with E-state index in [1.54, 1.807) is 0 Å². The Hall–Kier alpha value is -1.51. The minimum absolute atomic E-state index is 0.858. The third-order valence-corrected chi connectivity index (χ3v) is 3.79. The lowest BCUT2D eigenvalue weighted by Crippen LogP contribution is -2.14. The van der Waals surface area contributed by atoms with Gasteiger partial charge in [0.15, 0.2) is 0 Å². The summed E-state index contributed by atoms with van der Waals surface area (Å²) in [6.45, 7) is 1.82. The molecule has 0 fully saturated rings. The molecule has 0 aliphatic carbocycles. The van der Waals surface area contributed by atoms with Crippen LogP contribution in [0.25, 0.3) is 0 Å². The molecular formula is C15H20N2O. The maximum Gasteiger partial charge on any atom is 0.126 e.